The first-order valence-electron chi connectivity index (χ1n) is 7.16. The number of benzene rings is 1. The summed E-state index contributed by atoms with van der Waals surface area (Å²) in [5, 5.41) is 0.248. The molecular formula is C15H19BO3S. The van der Waals surface area contributed by atoms with Crippen LogP contribution >= 0.6 is 11.8 Å². The van der Waals surface area contributed by atoms with E-state index in [1.54, 1.807) is 0 Å². The van der Waals surface area contributed by atoms with Crippen molar-refractivity contribution in [1.82, 2.24) is 0 Å². The Hall–Kier alpha value is -0.935. The predicted octanol–water partition coefficient (Wildman–Crippen LogP) is 1.60. The van der Waals surface area contributed by atoms with E-state index >= 15 is 0 Å². The summed E-state index contributed by atoms with van der Waals surface area (Å²) < 4.78 is 11.6. The van der Waals surface area contributed by atoms with Gasteiger partial charge in [0.1, 0.15) is 20.4 Å². The highest BCUT2D eigenvalue weighted by molar-refractivity contribution is 8.00. The normalized spacial score (nSPS) is 35.1. The van der Waals surface area contributed by atoms with Gasteiger partial charge in [0.2, 0.25) is 0 Å². The van der Waals surface area contributed by atoms with Gasteiger partial charge in [-0.3, -0.25) is 4.79 Å². The van der Waals surface area contributed by atoms with Crippen LogP contribution in [0, 0.1) is 5.92 Å². The molecule has 0 saturated carbocycles. The second-order valence-corrected chi connectivity index (χ2v) is 6.75. The van der Waals surface area contributed by atoms with Crippen LogP contribution in [0.25, 0.3) is 0 Å². The molecule has 5 heteroatoms. The van der Waals surface area contributed by atoms with Gasteiger partial charge in [0.05, 0.1) is 5.60 Å². The molecule has 0 aliphatic carbocycles. The maximum Gasteiger partial charge on any atom is 0.313 e. The van der Waals surface area contributed by atoms with E-state index in [0.29, 0.717) is 6.61 Å². The molecule has 2 aliphatic heterocycles. The van der Waals surface area contributed by atoms with Crippen LogP contribution in [-0.2, 0) is 20.9 Å². The van der Waals surface area contributed by atoms with Gasteiger partial charge in [0.25, 0.3) is 0 Å². The Kier molecular flexibility index (Phi) is 3.82. The van der Waals surface area contributed by atoms with Crippen LogP contribution in [0.3, 0.4) is 0 Å². The molecule has 106 valence electrons. The van der Waals surface area contributed by atoms with Crippen LogP contribution in [0.1, 0.15) is 18.9 Å². The van der Waals surface area contributed by atoms with E-state index in [2.05, 4.69) is 14.8 Å². The van der Waals surface area contributed by atoms with Crippen molar-refractivity contribution < 1.29 is 14.3 Å². The molecule has 3 rings (SSSR count). The highest BCUT2D eigenvalue weighted by Crippen LogP contribution is 2.53. The summed E-state index contributed by atoms with van der Waals surface area (Å²) in [6.07, 6.45) is 0.867. The van der Waals surface area contributed by atoms with Crippen molar-refractivity contribution in [2.75, 3.05) is 5.75 Å². The molecule has 2 heterocycles. The third-order valence-corrected chi connectivity index (χ3v) is 6.07. The number of carbonyl (C=O) groups excluding carboxylic acids is 1. The fraction of sp³-hybridized carbons (Fsp3) is 0.533. The van der Waals surface area contributed by atoms with Gasteiger partial charge in [0, 0.05) is 17.0 Å². The van der Waals surface area contributed by atoms with Crippen LogP contribution < -0.4 is 0 Å². The molecule has 1 aromatic rings. The Balaban J connectivity index is 1.68. The maximum atomic E-state index is 12.5. The third-order valence-electron chi connectivity index (χ3n) is 4.38. The van der Waals surface area contributed by atoms with Gasteiger partial charge >= 0.3 is 5.97 Å². The molecule has 0 radical (unpaired) electrons. The lowest BCUT2D eigenvalue weighted by Gasteiger charge is -2.29. The lowest BCUT2D eigenvalue weighted by atomic mass is 9.83. The van der Waals surface area contributed by atoms with Gasteiger partial charge in [-0.1, -0.05) is 37.3 Å². The number of hydrogen-bond donors (Lipinski definition) is 0. The van der Waals surface area contributed by atoms with Crippen LogP contribution in [0.2, 0.25) is 0 Å². The summed E-state index contributed by atoms with van der Waals surface area (Å²) in [6.45, 7) is 2.44. The second-order valence-electron chi connectivity index (χ2n) is 5.59. The van der Waals surface area contributed by atoms with Gasteiger partial charge in [0.15, 0.2) is 0 Å². The number of ether oxygens (including phenoxy) is 2. The molecule has 2 bridgehead atoms. The minimum Gasteiger partial charge on any atom is -0.460 e. The lowest BCUT2D eigenvalue weighted by Crippen LogP contribution is -2.40. The van der Waals surface area contributed by atoms with Crippen molar-refractivity contribution in [3.63, 3.8) is 0 Å². The molecule has 2 fully saturated rings. The van der Waals surface area contributed by atoms with Crippen molar-refractivity contribution in [2.45, 2.75) is 36.8 Å². The first-order chi connectivity index (χ1) is 9.66. The van der Waals surface area contributed by atoms with Crippen molar-refractivity contribution in [2.24, 2.45) is 5.92 Å². The summed E-state index contributed by atoms with van der Waals surface area (Å²) in [6, 6.07) is 9.96. The van der Waals surface area contributed by atoms with E-state index in [1.165, 1.54) is 0 Å². The highest BCUT2D eigenvalue weighted by Gasteiger charge is 2.61. The zero-order valence-electron chi connectivity index (χ0n) is 11.9. The Morgan fingerprint density at radius 3 is 2.90 bits per heavy atom. The minimum atomic E-state index is -0.303. The third kappa shape index (κ3) is 2.27. The first kappa shape index (κ1) is 14.0. The van der Waals surface area contributed by atoms with Gasteiger partial charge in [-0.25, -0.2) is 0 Å². The van der Waals surface area contributed by atoms with E-state index < -0.39 is 0 Å². The Labute approximate surface area is 124 Å². The lowest BCUT2D eigenvalue weighted by molar-refractivity contribution is -0.155. The first-order valence-corrected chi connectivity index (χ1v) is 8.21. The molecular weight excluding hydrogens is 271 g/mol. The van der Waals surface area contributed by atoms with Crippen molar-refractivity contribution in [1.29, 1.82) is 0 Å². The molecule has 1 aromatic carbocycles. The maximum absolute atomic E-state index is 12.5. The van der Waals surface area contributed by atoms with E-state index in [4.69, 9.17) is 9.47 Å². The average molecular weight is 290 g/mol. The van der Waals surface area contributed by atoms with E-state index in [-0.39, 0.29) is 28.7 Å². The molecule has 20 heavy (non-hydrogen) atoms. The smallest absolute Gasteiger partial charge is 0.313 e. The second kappa shape index (κ2) is 5.45. The molecule has 0 spiro atoms. The van der Waals surface area contributed by atoms with Crippen LogP contribution in [0.5, 0.6) is 0 Å². The topological polar surface area (TPSA) is 35.5 Å². The Morgan fingerprint density at radius 1 is 1.50 bits per heavy atom. The quantitative estimate of drug-likeness (QED) is 0.623. The van der Waals surface area contributed by atoms with Gasteiger partial charge in [-0.05, 0) is 12.0 Å². The number of rotatable bonds is 4. The minimum absolute atomic E-state index is 0.102. The van der Waals surface area contributed by atoms with Crippen LogP contribution in [-0.4, -0.2) is 36.4 Å². The summed E-state index contributed by atoms with van der Waals surface area (Å²) in [4.78, 5) is 12.5. The van der Waals surface area contributed by atoms with Crippen molar-refractivity contribution in [3.05, 3.63) is 35.9 Å². The summed E-state index contributed by atoms with van der Waals surface area (Å²) in [7, 11) is 2.06. The summed E-state index contributed by atoms with van der Waals surface area (Å²) in [5.74, 6) is 0.690. The molecule has 0 amide bonds. The largest absolute Gasteiger partial charge is 0.460 e. The molecule has 3 nitrogen and oxygen atoms in total. The predicted molar refractivity (Wildman–Crippen MR) is 82.4 cm³/mol. The summed E-state index contributed by atoms with van der Waals surface area (Å²) >= 11 is 1.86. The standard InChI is InChI=1S/C15H19BO3S/c1-2-15-9-20-12(13(16)19-15)11(15)14(17)18-8-10-6-4-3-5-7-10/h3-7,11-13H,2,8-9,16H2,1H3/t11-,12?,13+,15-/m0/s1. The average Bonchev–Trinajstić information content (AvgIpc) is 2.98. The monoisotopic (exact) mass is 290 g/mol. The van der Waals surface area contributed by atoms with E-state index in [0.717, 1.165) is 17.7 Å². The molecule has 2 aliphatic rings. The van der Waals surface area contributed by atoms with E-state index in [1.807, 2.05) is 42.1 Å². The fourth-order valence-electron chi connectivity index (χ4n) is 3.25. The van der Waals surface area contributed by atoms with Crippen LogP contribution in [0.15, 0.2) is 30.3 Å². The molecule has 0 N–H and O–H groups in total. The highest BCUT2D eigenvalue weighted by atomic mass is 32.2. The summed E-state index contributed by atoms with van der Waals surface area (Å²) in [5.41, 5.74) is 0.723. The fourth-order valence-corrected chi connectivity index (χ4v) is 5.05. The zero-order valence-corrected chi connectivity index (χ0v) is 12.7. The molecule has 4 atom stereocenters. The number of carbonyl (C=O) groups is 1. The van der Waals surface area contributed by atoms with Gasteiger partial charge in [-0.2, -0.15) is 11.8 Å². The van der Waals surface area contributed by atoms with Crippen LogP contribution in [0.4, 0.5) is 0 Å². The molecule has 0 aromatic heterocycles. The number of thioether (sulfide) groups is 1. The molecule has 2 saturated heterocycles. The Bertz CT molecular complexity index is 495. The Morgan fingerprint density at radius 2 is 2.25 bits per heavy atom. The van der Waals surface area contributed by atoms with Gasteiger partial charge < -0.3 is 9.47 Å². The number of esters is 1. The van der Waals surface area contributed by atoms with E-state index in [9.17, 15) is 4.79 Å². The number of fused-ring (bicyclic) bond motifs is 2. The van der Waals surface area contributed by atoms with Crippen molar-refractivity contribution in [3.8, 4) is 0 Å². The number of hydrogen-bond acceptors (Lipinski definition) is 4. The SMILES string of the molecule is B[C@@H]1O[C@@]2(CC)CSC1[C@H]2C(=O)OCc1ccccc1. The molecule has 1 unspecified atom stereocenters. The van der Waals surface area contributed by atoms with Gasteiger partial charge in [-0.15, -0.1) is 0 Å². The van der Waals surface area contributed by atoms with Crippen molar-refractivity contribution >= 4 is 25.6 Å². The zero-order chi connectivity index (χ0) is 14.2.